The number of halogens is 1. The Balaban J connectivity index is 2.39. The van der Waals surface area contributed by atoms with Crippen LogP contribution in [0.2, 0.25) is 0 Å². The van der Waals surface area contributed by atoms with Gasteiger partial charge in [-0.2, -0.15) is 0 Å². The van der Waals surface area contributed by atoms with Crippen LogP contribution in [0.15, 0.2) is 36.4 Å². The fourth-order valence-corrected chi connectivity index (χ4v) is 3.08. The van der Waals surface area contributed by atoms with Crippen molar-refractivity contribution in [3.63, 3.8) is 0 Å². The number of aromatic carboxylic acids is 1. The zero-order valence-corrected chi connectivity index (χ0v) is 12.8. The maximum absolute atomic E-state index is 13.6. The maximum Gasteiger partial charge on any atom is 0.339 e. The van der Waals surface area contributed by atoms with E-state index in [1.807, 2.05) is 24.6 Å². The third-order valence-electron chi connectivity index (χ3n) is 4.10. The number of hydrogen-bond donors (Lipinski definition) is 2. The minimum Gasteiger partial charge on any atom is -0.507 e. The monoisotopic (exact) mass is 313 g/mol. The average Bonchev–Trinajstić information content (AvgIpc) is 2.78. The van der Waals surface area contributed by atoms with Gasteiger partial charge in [0.15, 0.2) is 0 Å². The van der Waals surface area contributed by atoms with Crippen molar-refractivity contribution in [1.82, 2.24) is 4.57 Å². The lowest BCUT2D eigenvalue weighted by Crippen LogP contribution is -1.97. The molecule has 1 heterocycles. The molecule has 0 amide bonds. The van der Waals surface area contributed by atoms with E-state index in [9.17, 15) is 19.4 Å². The quantitative estimate of drug-likeness (QED) is 0.769. The van der Waals surface area contributed by atoms with Crippen molar-refractivity contribution in [2.75, 3.05) is 0 Å². The number of hydrogen-bond acceptors (Lipinski definition) is 2. The molecule has 0 spiro atoms. The Bertz CT molecular complexity index is 928. The van der Waals surface area contributed by atoms with E-state index in [-0.39, 0.29) is 17.1 Å². The second-order valence-electron chi connectivity index (χ2n) is 5.44. The summed E-state index contributed by atoms with van der Waals surface area (Å²) in [5, 5.41) is 19.9. The molecule has 0 aliphatic carbocycles. The number of nitrogens with zero attached hydrogens (tertiary/aromatic N) is 1. The lowest BCUT2D eigenvalue weighted by Gasteiger charge is -2.07. The van der Waals surface area contributed by atoms with Gasteiger partial charge in [-0.3, -0.25) is 0 Å². The molecular formula is C18H16FNO3. The molecule has 3 aromatic rings. The predicted molar refractivity (Wildman–Crippen MR) is 86.3 cm³/mol. The Morgan fingerprint density at radius 3 is 2.61 bits per heavy atom. The number of carboxylic acid groups (broad SMARTS) is 1. The molecule has 2 N–H and O–H groups in total. The first-order valence-electron chi connectivity index (χ1n) is 7.27. The van der Waals surface area contributed by atoms with Gasteiger partial charge in [0.25, 0.3) is 0 Å². The molecule has 0 saturated carbocycles. The maximum atomic E-state index is 13.6. The highest BCUT2D eigenvalue weighted by atomic mass is 19.1. The standard InChI is InChI=1S/C18H16FNO3/c1-3-12-13-8-14(18(22)23)16(21)9-15(13)20(2)17(12)10-5-4-6-11(19)7-10/h4-9,21H,3H2,1-2H3,(H,22,23). The molecule has 0 aliphatic heterocycles. The molecule has 0 atom stereocenters. The molecule has 0 aliphatic rings. The SMILES string of the molecule is CCc1c(-c2cccc(F)c2)n(C)c2cc(O)c(C(=O)O)cc12. The first-order valence-corrected chi connectivity index (χ1v) is 7.27. The normalized spacial score (nSPS) is 11.1. The minimum atomic E-state index is -1.18. The van der Waals surface area contributed by atoms with E-state index in [2.05, 4.69) is 0 Å². The molecule has 5 heteroatoms. The van der Waals surface area contributed by atoms with Crippen LogP contribution in [-0.4, -0.2) is 20.7 Å². The number of benzene rings is 2. The highest BCUT2D eigenvalue weighted by Crippen LogP contribution is 2.36. The second-order valence-corrected chi connectivity index (χ2v) is 5.44. The summed E-state index contributed by atoms with van der Waals surface area (Å²) in [6.45, 7) is 1.96. The molecular weight excluding hydrogens is 297 g/mol. The highest BCUT2D eigenvalue weighted by Gasteiger charge is 2.20. The Morgan fingerprint density at radius 1 is 1.26 bits per heavy atom. The minimum absolute atomic E-state index is 0.136. The van der Waals surface area contributed by atoms with Crippen molar-refractivity contribution in [3.8, 4) is 17.0 Å². The first-order chi connectivity index (χ1) is 10.9. The van der Waals surface area contributed by atoms with Gasteiger partial charge in [-0.25, -0.2) is 9.18 Å². The molecule has 1 aromatic heterocycles. The number of aromatic nitrogens is 1. The van der Waals surface area contributed by atoms with E-state index in [0.29, 0.717) is 11.9 Å². The molecule has 0 radical (unpaired) electrons. The van der Waals surface area contributed by atoms with Crippen molar-refractivity contribution < 1.29 is 19.4 Å². The average molecular weight is 313 g/mol. The Labute approximate surface area is 132 Å². The third kappa shape index (κ3) is 2.34. The van der Waals surface area contributed by atoms with Crippen LogP contribution in [0.4, 0.5) is 4.39 Å². The molecule has 0 saturated heterocycles. The van der Waals surface area contributed by atoms with Crippen LogP contribution in [0.3, 0.4) is 0 Å². The second kappa shape index (κ2) is 5.43. The van der Waals surface area contributed by atoms with Gasteiger partial charge in [-0.1, -0.05) is 19.1 Å². The van der Waals surface area contributed by atoms with E-state index in [0.717, 1.165) is 22.2 Å². The van der Waals surface area contributed by atoms with Crippen molar-refractivity contribution >= 4 is 16.9 Å². The summed E-state index contributed by atoms with van der Waals surface area (Å²) in [6, 6.07) is 9.21. The van der Waals surface area contributed by atoms with Gasteiger partial charge in [-0.05, 0) is 30.2 Å². The van der Waals surface area contributed by atoms with Crippen LogP contribution in [0, 0.1) is 5.82 Å². The molecule has 4 nitrogen and oxygen atoms in total. The van der Waals surface area contributed by atoms with Crippen molar-refractivity contribution in [1.29, 1.82) is 0 Å². The van der Waals surface area contributed by atoms with Crippen molar-refractivity contribution in [3.05, 3.63) is 53.3 Å². The molecule has 0 fully saturated rings. The number of fused-ring (bicyclic) bond motifs is 1. The van der Waals surface area contributed by atoms with Gasteiger partial charge in [0, 0.05) is 24.1 Å². The van der Waals surface area contributed by atoms with Crippen molar-refractivity contribution in [2.24, 2.45) is 7.05 Å². The van der Waals surface area contributed by atoms with Gasteiger partial charge in [0.2, 0.25) is 0 Å². The summed E-state index contributed by atoms with van der Waals surface area (Å²) in [5.74, 6) is -1.79. The summed E-state index contributed by atoms with van der Waals surface area (Å²) < 4.78 is 15.4. The number of rotatable bonds is 3. The molecule has 3 rings (SSSR count). The van der Waals surface area contributed by atoms with Gasteiger partial charge in [-0.15, -0.1) is 0 Å². The Morgan fingerprint density at radius 2 is 2.00 bits per heavy atom. The Kier molecular flexibility index (Phi) is 3.56. The predicted octanol–water partition coefficient (Wildman–Crippen LogP) is 3.95. The largest absolute Gasteiger partial charge is 0.507 e. The lowest BCUT2D eigenvalue weighted by atomic mass is 10.0. The summed E-state index contributed by atoms with van der Waals surface area (Å²) in [4.78, 5) is 11.3. The zero-order valence-electron chi connectivity index (χ0n) is 12.8. The molecule has 118 valence electrons. The van der Waals surface area contributed by atoms with E-state index in [4.69, 9.17) is 0 Å². The van der Waals surface area contributed by atoms with Crippen LogP contribution in [0.1, 0.15) is 22.8 Å². The van der Waals surface area contributed by atoms with Crippen LogP contribution in [0.5, 0.6) is 5.75 Å². The van der Waals surface area contributed by atoms with Gasteiger partial charge < -0.3 is 14.8 Å². The molecule has 0 bridgehead atoms. The zero-order chi connectivity index (χ0) is 16.7. The lowest BCUT2D eigenvalue weighted by molar-refractivity contribution is 0.0694. The van der Waals surface area contributed by atoms with Crippen LogP contribution >= 0.6 is 0 Å². The summed E-state index contributed by atoms with van der Waals surface area (Å²) in [6.07, 6.45) is 0.660. The number of carbonyl (C=O) groups is 1. The van der Waals surface area contributed by atoms with Gasteiger partial charge in [0.1, 0.15) is 17.1 Å². The van der Waals surface area contributed by atoms with Crippen molar-refractivity contribution in [2.45, 2.75) is 13.3 Å². The highest BCUT2D eigenvalue weighted by molar-refractivity contribution is 6.00. The van der Waals surface area contributed by atoms with Crippen LogP contribution in [-0.2, 0) is 13.5 Å². The summed E-state index contributed by atoms with van der Waals surface area (Å²) >= 11 is 0. The number of aryl methyl sites for hydroxylation is 2. The van der Waals surface area contributed by atoms with E-state index < -0.39 is 5.97 Å². The number of aromatic hydroxyl groups is 1. The molecule has 0 unspecified atom stereocenters. The van der Waals surface area contributed by atoms with Crippen LogP contribution < -0.4 is 0 Å². The number of phenols is 1. The molecule has 23 heavy (non-hydrogen) atoms. The van der Waals surface area contributed by atoms with Gasteiger partial charge >= 0.3 is 5.97 Å². The van der Waals surface area contributed by atoms with E-state index in [1.165, 1.54) is 24.3 Å². The summed E-state index contributed by atoms with van der Waals surface area (Å²) in [7, 11) is 1.82. The third-order valence-corrected chi connectivity index (χ3v) is 4.10. The van der Waals surface area contributed by atoms with Crippen LogP contribution in [0.25, 0.3) is 22.2 Å². The fourth-order valence-electron chi connectivity index (χ4n) is 3.08. The fraction of sp³-hybridized carbons (Fsp3) is 0.167. The number of carboxylic acids is 1. The van der Waals surface area contributed by atoms with E-state index >= 15 is 0 Å². The Hall–Kier alpha value is -2.82. The topological polar surface area (TPSA) is 62.5 Å². The van der Waals surface area contributed by atoms with Gasteiger partial charge in [0.05, 0.1) is 11.2 Å². The molecule has 2 aromatic carbocycles. The first kappa shape index (κ1) is 15.1. The summed E-state index contributed by atoms with van der Waals surface area (Å²) in [5.41, 5.74) is 3.05. The smallest absolute Gasteiger partial charge is 0.339 e. The van der Waals surface area contributed by atoms with E-state index in [1.54, 1.807) is 6.07 Å².